The molecule has 0 radical (unpaired) electrons. The molecule has 104 valence electrons. The third kappa shape index (κ3) is 4.39. The van der Waals surface area contributed by atoms with Crippen molar-refractivity contribution in [2.75, 3.05) is 5.32 Å². The maximum absolute atomic E-state index is 12.8. The van der Waals surface area contributed by atoms with Gasteiger partial charge >= 0.3 is 0 Å². The van der Waals surface area contributed by atoms with Gasteiger partial charge in [0.2, 0.25) is 0 Å². The minimum atomic E-state index is -0.497. The molecule has 5 heteroatoms. The topological polar surface area (TPSA) is 52.9 Å². The van der Waals surface area contributed by atoms with Crippen molar-refractivity contribution in [2.45, 2.75) is 0 Å². The number of hydrogen-bond donors (Lipinski definition) is 1. The number of carbonyl (C=O) groups is 1. The predicted octanol–water partition coefficient (Wildman–Crippen LogP) is 3.98. The van der Waals surface area contributed by atoms with Crippen molar-refractivity contribution < 1.29 is 9.18 Å². The minimum Gasteiger partial charge on any atom is -0.321 e. The molecule has 1 amide bonds. The molecule has 21 heavy (non-hydrogen) atoms. The molecule has 0 saturated heterocycles. The Morgan fingerprint density at radius 2 is 1.76 bits per heavy atom. The summed E-state index contributed by atoms with van der Waals surface area (Å²) in [6.07, 6.45) is 1.42. The number of anilines is 1. The first kappa shape index (κ1) is 15.2. The van der Waals surface area contributed by atoms with Gasteiger partial charge in [0.05, 0.1) is 0 Å². The molecule has 0 aliphatic carbocycles. The van der Waals surface area contributed by atoms with Gasteiger partial charge in [-0.3, -0.25) is 4.79 Å². The zero-order chi connectivity index (χ0) is 15.2. The molecule has 0 unspecified atom stereocenters. The van der Waals surface area contributed by atoms with Crippen LogP contribution in [0.15, 0.2) is 54.1 Å². The Balaban J connectivity index is 2.17. The number of rotatable bonds is 3. The number of benzene rings is 2. The van der Waals surface area contributed by atoms with E-state index in [9.17, 15) is 9.18 Å². The van der Waals surface area contributed by atoms with Gasteiger partial charge < -0.3 is 5.32 Å². The van der Waals surface area contributed by atoms with Crippen LogP contribution in [0, 0.1) is 20.7 Å². The van der Waals surface area contributed by atoms with Gasteiger partial charge in [0.25, 0.3) is 5.91 Å². The molecule has 2 aromatic carbocycles. The first-order valence-corrected chi connectivity index (χ1v) is 7.10. The van der Waals surface area contributed by atoms with E-state index in [4.69, 9.17) is 5.26 Å². The summed E-state index contributed by atoms with van der Waals surface area (Å²) in [7, 11) is 0. The summed E-state index contributed by atoms with van der Waals surface area (Å²) in [5.41, 5.74) is 1.16. The third-order valence-corrected chi connectivity index (χ3v) is 3.37. The summed E-state index contributed by atoms with van der Waals surface area (Å²) < 4.78 is 13.9. The van der Waals surface area contributed by atoms with Crippen molar-refractivity contribution in [3.05, 3.63) is 69.1 Å². The molecule has 0 spiro atoms. The summed E-state index contributed by atoms with van der Waals surface area (Å²) in [5, 5.41) is 11.7. The van der Waals surface area contributed by atoms with E-state index in [0.717, 1.165) is 3.57 Å². The Labute approximate surface area is 135 Å². The number of nitrogens with one attached hydrogen (secondary N) is 1. The maximum Gasteiger partial charge on any atom is 0.266 e. The van der Waals surface area contributed by atoms with Crippen molar-refractivity contribution in [1.29, 1.82) is 5.26 Å². The van der Waals surface area contributed by atoms with Gasteiger partial charge in [-0.1, -0.05) is 12.1 Å². The van der Waals surface area contributed by atoms with Crippen LogP contribution in [-0.2, 0) is 4.79 Å². The fourth-order valence-electron chi connectivity index (χ4n) is 1.61. The fourth-order valence-corrected chi connectivity index (χ4v) is 1.97. The number of hydrogen-bond acceptors (Lipinski definition) is 2. The number of nitriles is 1. The summed E-state index contributed by atoms with van der Waals surface area (Å²) in [6, 6.07) is 14.6. The second-order valence-corrected chi connectivity index (χ2v) is 5.43. The molecule has 0 heterocycles. The van der Waals surface area contributed by atoms with Gasteiger partial charge in [-0.05, 0) is 70.6 Å². The molecule has 1 N–H and O–H groups in total. The molecule has 0 aliphatic rings. The fraction of sp³-hybridized carbons (Fsp3) is 0. The summed E-state index contributed by atoms with van der Waals surface area (Å²) >= 11 is 2.16. The van der Waals surface area contributed by atoms with E-state index in [-0.39, 0.29) is 11.4 Å². The molecule has 0 aromatic heterocycles. The first-order chi connectivity index (χ1) is 10.1. The second kappa shape index (κ2) is 6.99. The Bertz CT molecular complexity index is 715. The lowest BCUT2D eigenvalue weighted by Gasteiger charge is -2.04. The predicted molar refractivity (Wildman–Crippen MR) is 87.8 cm³/mol. The van der Waals surface area contributed by atoms with Crippen LogP contribution in [0.1, 0.15) is 5.56 Å². The van der Waals surface area contributed by atoms with Crippen LogP contribution in [-0.4, -0.2) is 5.91 Å². The quantitative estimate of drug-likeness (QED) is 0.488. The van der Waals surface area contributed by atoms with Gasteiger partial charge in [-0.25, -0.2) is 4.39 Å². The zero-order valence-corrected chi connectivity index (χ0v) is 13.0. The van der Waals surface area contributed by atoms with Gasteiger partial charge in [0.1, 0.15) is 17.5 Å². The largest absolute Gasteiger partial charge is 0.321 e. The van der Waals surface area contributed by atoms with Gasteiger partial charge in [0, 0.05) is 9.26 Å². The maximum atomic E-state index is 12.8. The molecular weight excluding hydrogens is 382 g/mol. The molecule has 0 fully saturated rings. The van der Waals surface area contributed by atoms with Crippen molar-refractivity contribution >= 4 is 40.3 Å². The van der Waals surface area contributed by atoms with E-state index in [1.54, 1.807) is 12.1 Å². The first-order valence-electron chi connectivity index (χ1n) is 6.03. The van der Waals surface area contributed by atoms with Crippen LogP contribution in [0.25, 0.3) is 6.08 Å². The Kier molecular flexibility index (Phi) is 5.06. The molecule has 0 bridgehead atoms. The molecular formula is C16H10FIN2O. The van der Waals surface area contributed by atoms with Crippen LogP contribution in [0.2, 0.25) is 0 Å². The zero-order valence-electron chi connectivity index (χ0n) is 10.8. The average molecular weight is 392 g/mol. The second-order valence-electron chi connectivity index (χ2n) is 4.18. The Morgan fingerprint density at radius 1 is 1.14 bits per heavy atom. The van der Waals surface area contributed by atoms with Gasteiger partial charge in [-0.2, -0.15) is 5.26 Å². The number of carbonyl (C=O) groups excluding carboxylic acids is 1. The molecule has 0 saturated carbocycles. The number of halogens is 2. The standard InChI is InChI=1S/C16H10FIN2O/c17-13-3-1-11(2-4-13)9-12(10-19)16(21)20-15-7-5-14(18)6-8-15/h1-9H,(H,20,21)/b12-9-. The van der Waals surface area contributed by atoms with E-state index < -0.39 is 5.91 Å². The van der Waals surface area contributed by atoms with Crippen LogP contribution in [0.5, 0.6) is 0 Å². The van der Waals surface area contributed by atoms with Crippen molar-refractivity contribution in [1.82, 2.24) is 0 Å². The van der Waals surface area contributed by atoms with Crippen LogP contribution in [0.3, 0.4) is 0 Å². The highest BCUT2D eigenvalue weighted by Crippen LogP contribution is 2.13. The van der Waals surface area contributed by atoms with Crippen molar-refractivity contribution in [3.63, 3.8) is 0 Å². The molecule has 0 atom stereocenters. The molecule has 0 aliphatic heterocycles. The van der Waals surface area contributed by atoms with E-state index in [1.807, 2.05) is 18.2 Å². The highest BCUT2D eigenvalue weighted by atomic mass is 127. The van der Waals surface area contributed by atoms with Crippen LogP contribution >= 0.6 is 22.6 Å². The number of amides is 1. The lowest BCUT2D eigenvalue weighted by Crippen LogP contribution is -2.13. The average Bonchev–Trinajstić information content (AvgIpc) is 2.49. The Morgan fingerprint density at radius 3 is 2.33 bits per heavy atom. The van der Waals surface area contributed by atoms with Crippen LogP contribution in [0.4, 0.5) is 10.1 Å². The van der Waals surface area contributed by atoms with Crippen LogP contribution < -0.4 is 5.32 Å². The lowest BCUT2D eigenvalue weighted by molar-refractivity contribution is -0.112. The van der Waals surface area contributed by atoms with Gasteiger partial charge in [0.15, 0.2) is 0 Å². The number of nitrogens with zero attached hydrogens (tertiary/aromatic N) is 1. The van der Waals surface area contributed by atoms with E-state index in [0.29, 0.717) is 11.3 Å². The highest BCUT2D eigenvalue weighted by Gasteiger charge is 2.09. The van der Waals surface area contributed by atoms with Crippen molar-refractivity contribution in [3.8, 4) is 6.07 Å². The van der Waals surface area contributed by atoms with E-state index >= 15 is 0 Å². The monoisotopic (exact) mass is 392 g/mol. The van der Waals surface area contributed by atoms with Gasteiger partial charge in [-0.15, -0.1) is 0 Å². The molecule has 3 nitrogen and oxygen atoms in total. The lowest BCUT2D eigenvalue weighted by atomic mass is 10.1. The summed E-state index contributed by atoms with van der Waals surface area (Å²) in [4.78, 5) is 12.0. The highest BCUT2D eigenvalue weighted by molar-refractivity contribution is 14.1. The van der Waals surface area contributed by atoms with E-state index in [2.05, 4.69) is 27.9 Å². The normalized spacial score (nSPS) is 10.8. The third-order valence-electron chi connectivity index (χ3n) is 2.65. The minimum absolute atomic E-state index is 0.0415. The summed E-state index contributed by atoms with van der Waals surface area (Å²) in [6.45, 7) is 0. The van der Waals surface area contributed by atoms with Crippen molar-refractivity contribution in [2.24, 2.45) is 0 Å². The smallest absolute Gasteiger partial charge is 0.266 e. The SMILES string of the molecule is N#C/C(=C/c1ccc(F)cc1)C(=O)Nc1ccc(I)cc1. The summed E-state index contributed by atoms with van der Waals surface area (Å²) in [5.74, 6) is -0.864. The van der Waals surface area contributed by atoms with E-state index in [1.165, 1.54) is 30.3 Å². The Hall–Kier alpha value is -2.20. The molecule has 2 rings (SSSR count). The molecule has 2 aromatic rings.